The molecule has 2 aromatic heterocycles. The molecule has 0 aliphatic rings. The van der Waals surface area contributed by atoms with E-state index in [1.165, 1.54) is 0 Å². The molecule has 5 nitrogen and oxygen atoms in total. The highest BCUT2D eigenvalue weighted by Gasteiger charge is 2.17. The van der Waals surface area contributed by atoms with Gasteiger partial charge in [-0.1, -0.05) is 6.92 Å². The van der Waals surface area contributed by atoms with Crippen LogP contribution in [-0.4, -0.2) is 27.4 Å². The number of rotatable bonds is 5. The lowest BCUT2D eigenvalue weighted by molar-refractivity contribution is 0.0772. The predicted octanol–water partition coefficient (Wildman–Crippen LogP) is 2.52. The molecule has 0 bridgehead atoms. The molecule has 0 saturated carbocycles. The fourth-order valence-corrected chi connectivity index (χ4v) is 2.73. The number of anilines is 1. The maximum atomic E-state index is 12.5. The van der Waals surface area contributed by atoms with Crippen molar-refractivity contribution in [2.75, 3.05) is 12.8 Å². The molecule has 108 valence electrons. The van der Waals surface area contributed by atoms with E-state index in [2.05, 4.69) is 11.9 Å². The van der Waals surface area contributed by atoms with Crippen LogP contribution >= 0.6 is 11.3 Å². The first-order valence-corrected chi connectivity index (χ1v) is 7.51. The third-order valence-electron chi connectivity index (χ3n) is 3.01. The molecular weight excluding hydrogens is 272 g/mol. The summed E-state index contributed by atoms with van der Waals surface area (Å²) in [6.45, 7) is 5.34. The number of aryl methyl sites for hydroxylation is 2. The molecule has 6 heteroatoms. The number of thiazole rings is 1. The average molecular weight is 292 g/mol. The zero-order chi connectivity index (χ0) is 14.7. The third-order valence-corrected chi connectivity index (χ3v) is 3.84. The van der Waals surface area contributed by atoms with Crippen molar-refractivity contribution >= 4 is 22.9 Å². The van der Waals surface area contributed by atoms with Crippen molar-refractivity contribution in [2.24, 2.45) is 0 Å². The van der Waals surface area contributed by atoms with Crippen LogP contribution in [0.15, 0.2) is 17.6 Å². The molecule has 2 N–H and O–H groups in total. The second-order valence-corrected chi connectivity index (χ2v) is 5.93. The second kappa shape index (κ2) is 6.09. The summed E-state index contributed by atoms with van der Waals surface area (Å²) >= 11 is 1.60. The lowest BCUT2D eigenvalue weighted by atomic mass is 10.3. The van der Waals surface area contributed by atoms with Gasteiger partial charge in [0.25, 0.3) is 5.91 Å². The Morgan fingerprint density at radius 2 is 2.30 bits per heavy atom. The topological polar surface area (TPSA) is 64.2 Å². The first-order valence-electron chi connectivity index (χ1n) is 6.63. The van der Waals surface area contributed by atoms with E-state index >= 15 is 0 Å². The minimum absolute atomic E-state index is 0.0270. The zero-order valence-electron chi connectivity index (χ0n) is 12.1. The van der Waals surface area contributed by atoms with Crippen LogP contribution in [0.5, 0.6) is 0 Å². The Balaban J connectivity index is 2.13. The molecule has 0 fully saturated rings. The fraction of sp³-hybridized carbons (Fsp3) is 0.429. The largest absolute Gasteiger partial charge is 0.397 e. The number of carbonyl (C=O) groups is 1. The summed E-state index contributed by atoms with van der Waals surface area (Å²) in [7, 11) is 1.79. The predicted molar refractivity (Wildman–Crippen MR) is 81.8 cm³/mol. The standard InChI is InChI=1S/C14H20N4OS/c1-4-5-18-7-11(15)6-13(18)14(19)17(3)8-12-9-20-10(2)16-12/h6-7,9H,4-5,8,15H2,1-3H3. The van der Waals surface area contributed by atoms with Crippen molar-refractivity contribution in [3.63, 3.8) is 0 Å². The smallest absolute Gasteiger partial charge is 0.270 e. The highest BCUT2D eigenvalue weighted by Crippen LogP contribution is 2.15. The number of nitrogens with zero attached hydrogens (tertiary/aromatic N) is 3. The normalized spacial score (nSPS) is 10.8. The number of carbonyl (C=O) groups excluding carboxylic acids is 1. The summed E-state index contributed by atoms with van der Waals surface area (Å²) in [4.78, 5) is 18.5. The lowest BCUT2D eigenvalue weighted by Gasteiger charge is -2.17. The van der Waals surface area contributed by atoms with Gasteiger partial charge in [-0.2, -0.15) is 0 Å². The van der Waals surface area contributed by atoms with Gasteiger partial charge in [0.15, 0.2) is 0 Å². The summed E-state index contributed by atoms with van der Waals surface area (Å²) in [6, 6.07) is 1.74. The van der Waals surface area contributed by atoms with Crippen LogP contribution in [0, 0.1) is 6.92 Å². The molecule has 2 rings (SSSR count). The molecule has 0 atom stereocenters. The number of nitrogens with two attached hydrogens (primary N) is 1. The Morgan fingerprint density at radius 3 is 2.90 bits per heavy atom. The van der Waals surface area contributed by atoms with Gasteiger partial charge < -0.3 is 15.2 Å². The molecule has 2 heterocycles. The molecule has 0 aromatic carbocycles. The van der Waals surface area contributed by atoms with E-state index < -0.39 is 0 Å². The fourth-order valence-electron chi connectivity index (χ4n) is 2.13. The Bertz CT molecular complexity index is 602. The molecule has 0 spiro atoms. The zero-order valence-corrected chi connectivity index (χ0v) is 12.9. The first kappa shape index (κ1) is 14.6. The van der Waals surface area contributed by atoms with Crippen molar-refractivity contribution < 1.29 is 4.79 Å². The summed E-state index contributed by atoms with van der Waals surface area (Å²) in [5.74, 6) is -0.0270. The van der Waals surface area contributed by atoms with Crippen LogP contribution in [0.1, 0.15) is 34.5 Å². The first-order chi connectivity index (χ1) is 9.51. The summed E-state index contributed by atoms with van der Waals surface area (Å²) in [5, 5.41) is 3.00. The highest BCUT2D eigenvalue weighted by molar-refractivity contribution is 7.09. The van der Waals surface area contributed by atoms with E-state index in [4.69, 9.17) is 5.73 Å². The van der Waals surface area contributed by atoms with Crippen molar-refractivity contribution in [3.8, 4) is 0 Å². The average Bonchev–Trinajstić information content (AvgIpc) is 2.95. The quantitative estimate of drug-likeness (QED) is 0.921. The van der Waals surface area contributed by atoms with E-state index in [9.17, 15) is 4.79 Å². The number of aromatic nitrogens is 2. The summed E-state index contributed by atoms with van der Waals surface area (Å²) in [6.07, 6.45) is 2.78. The number of amides is 1. The van der Waals surface area contributed by atoms with E-state index in [1.807, 2.05) is 23.1 Å². The molecule has 0 radical (unpaired) electrons. The van der Waals surface area contributed by atoms with Crippen LogP contribution in [0.3, 0.4) is 0 Å². The minimum Gasteiger partial charge on any atom is -0.397 e. The van der Waals surface area contributed by atoms with E-state index in [0.717, 1.165) is 23.7 Å². The Hall–Kier alpha value is -1.82. The van der Waals surface area contributed by atoms with Gasteiger partial charge in [0.1, 0.15) is 5.69 Å². The molecule has 20 heavy (non-hydrogen) atoms. The SMILES string of the molecule is CCCn1cc(N)cc1C(=O)N(C)Cc1csc(C)n1. The second-order valence-electron chi connectivity index (χ2n) is 4.87. The molecule has 0 saturated heterocycles. The molecule has 2 aromatic rings. The monoisotopic (exact) mass is 292 g/mol. The summed E-state index contributed by atoms with van der Waals surface area (Å²) in [5.41, 5.74) is 7.99. The van der Waals surface area contributed by atoms with E-state index in [-0.39, 0.29) is 5.91 Å². The summed E-state index contributed by atoms with van der Waals surface area (Å²) < 4.78 is 1.92. The van der Waals surface area contributed by atoms with Gasteiger partial charge in [-0.3, -0.25) is 4.79 Å². The molecule has 1 amide bonds. The van der Waals surface area contributed by atoms with Gasteiger partial charge >= 0.3 is 0 Å². The van der Waals surface area contributed by atoms with Gasteiger partial charge in [-0.15, -0.1) is 11.3 Å². The molecule has 0 aliphatic heterocycles. The molecule has 0 aliphatic carbocycles. The Morgan fingerprint density at radius 1 is 1.55 bits per heavy atom. The van der Waals surface area contributed by atoms with Crippen LogP contribution in [0.4, 0.5) is 5.69 Å². The van der Waals surface area contributed by atoms with Crippen LogP contribution in [0.2, 0.25) is 0 Å². The minimum atomic E-state index is -0.0270. The van der Waals surface area contributed by atoms with Gasteiger partial charge in [-0.25, -0.2) is 4.98 Å². The maximum absolute atomic E-state index is 12.5. The van der Waals surface area contributed by atoms with Crippen molar-refractivity contribution in [3.05, 3.63) is 34.0 Å². The third kappa shape index (κ3) is 3.19. The van der Waals surface area contributed by atoms with Gasteiger partial charge in [0, 0.05) is 25.2 Å². The molecule has 0 unspecified atom stereocenters. The van der Waals surface area contributed by atoms with Crippen molar-refractivity contribution in [1.82, 2.24) is 14.5 Å². The lowest BCUT2D eigenvalue weighted by Crippen LogP contribution is -2.28. The van der Waals surface area contributed by atoms with Crippen molar-refractivity contribution in [1.29, 1.82) is 0 Å². The van der Waals surface area contributed by atoms with Crippen molar-refractivity contribution in [2.45, 2.75) is 33.4 Å². The van der Waals surface area contributed by atoms with E-state index in [1.54, 1.807) is 29.4 Å². The number of hydrogen-bond donors (Lipinski definition) is 1. The Labute approximate surface area is 123 Å². The Kier molecular flexibility index (Phi) is 4.44. The number of nitrogen functional groups attached to an aromatic ring is 1. The number of hydrogen-bond acceptors (Lipinski definition) is 4. The van der Waals surface area contributed by atoms with Crippen LogP contribution < -0.4 is 5.73 Å². The van der Waals surface area contributed by atoms with Gasteiger partial charge in [0.05, 0.1) is 22.9 Å². The van der Waals surface area contributed by atoms with Crippen LogP contribution in [-0.2, 0) is 13.1 Å². The van der Waals surface area contributed by atoms with Crippen LogP contribution in [0.25, 0.3) is 0 Å². The van der Waals surface area contributed by atoms with Gasteiger partial charge in [0.2, 0.25) is 0 Å². The maximum Gasteiger partial charge on any atom is 0.270 e. The molecular formula is C14H20N4OS. The highest BCUT2D eigenvalue weighted by atomic mass is 32.1. The van der Waals surface area contributed by atoms with E-state index in [0.29, 0.717) is 17.9 Å². The van der Waals surface area contributed by atoms with Gasteiger partial charge in [-0.05, 0) is 19.4 Å².